The smallest absolute Gasteiger partial charge is 0.166 e. The molecule has 15 heavy (non-hydrogen) atoms. The molecule has 0 aliphatic carbocycles. The molecule has 3 nitrogen and oxygen atoms in total. The van der Waals surface area contributed by atoms with Crippen molar-refractivity contribution in [3.63, 3.8) is 0 Å². The summed E-state index contributed by atoms with van der Waals surface area (Å²) < 4.78 is 37.1. The molecule has 0 aromatic heterocycles. The van der Waals surface area contributed by atoms with Gasteiger partial charge in [-0.2, -0.15) is 13.2 Å². The van der Waals surface area contributed by atoms with Gasteiger partial charge in [-0.25, -0.2) is 0 Å². The summed E-state index contributed by atoms with van der Waals surface area (Å²) in [7, 11) is 0. The van der Waals surface area contributed by atoms with Gasteiger partial charge in [0.05, 0.1) is 5.56 Å². The minimum atomic E-state index is -4.43. The molecule has 7 heteroatoms. The van der Waals surface area contributed by atoms with Crippen LogP contribution in [0.25, 0.3) is 10.4 Å². The monoisotopic (exact) mass is 279 g/mol. The molecule has 0 radical (unpaired) electrons. The summed E-state index contributed by atoms with van der Waals surface area (Å²) >= 11 is 3.04. The number of rotatable bonds is 2. The maximum absolute atomic E-state index is 12.4. The fourth-order valence-electron chi connectivity index (χ4n) is 1.02. The van der Waals surface area contributed by atoms with Crippen LogP contribution in [0, 0.1) is 0 Å². The van der Waals surface area contributed by atoms with Gasteiger partial charge in [-0.1, -0.05) is 21.0 Å². The zero-order valence-electron chi connectivity index (χ0n) is 7.29. The Bertz CT molecular complexity index is 410. The normalized spacial score (nSPS) is 10.9. The molecule has 0 saturated carbocycles. The Labute approximate surface area is 91.7 Å². The largest absolute Gasteiger partial charge is 0.416 e. The van der Waals surface area contributed by atoms with Crippen molar-refractivity contribution in [3.8, 4) is 0 Å². The van der Waals surface area contributed by atoms with Gasteiger partial charge in [0.15, 0.2) is 0 Å². The summed E-state index contributed by atoms with van der Waals surface area (Å²) in [6.45, 7) is 0. The van der Waals surface area contributed by atoms with Crippen LogP contribution in [0.3, 0.4) is 0 Å². The van der Waals surface area contributed by atoms with E-state index in [1.807, 2.05) is 0 Å². The van der Waals surface area contributed by atoms with Crippen molar-refractivity contribution in [2.24, 2.45) is 5.11 Å². The van der Waals surface area contributed by atoms with E-state index in [0.717, 1.165) is 12.1 Å². The van der Waals surface area contributed by atoms with Crippen molar-refractivity contribution in [1.82, 2.24) is 0 Å². The Morgan fingerprint density at radius 1 is 1.33 bits per heavy atom. The summed E-state index contributed by atoms with van der Waals surface area (Å²) in [5.74, 6) is 0. The molecule has 0 saturated heterocycles. The van der Waals surface area contributed by atoms with Crippen molar-refractivity contribution in [2.45, 2.75) is 11.5 Å². The van der Waals surface area contributed by atoms with E-state index in [9.17, 15) is 13.2 Å². The molecule has 0 aliphatic rings. The van der Waals surface area contributed by atoms with Gasteiger partial charge in [-0.05, 0) is 29.3 Å². The lowest BCUT2D eigenvalue weighted by Crippen LogP contribution is -2.05. The minimum Gasteiger partial charge on any atom is -0.166 e. The van der Waals surface area contributed by atoms with Crippen LogP contribution in [0.5, 0.6) is 0 Å². The first-order valence-electron chi connectivity index (χ1n) is 3.79. The molecule has 0 bridgehead atoms. The van der Waals surface area contributed by atoms with Crippen molar-refractivity contribution >= 4 is 21.6 Å². The van der Waals surface area contributed by atoms with Crippen LogP contribution >= 0.6 is 15.9 Å². The number of benzene rings is 1. The number of hydrogen-bond donors (Lipinski definition) is 0. The Hall–Kier alpha value is -1.20. The highest BCUT2D eigenvalue weighted by Crippen LogP contribution is 2.33. The Morgan fingerprint density at radius 2 is 2.00 bits per heavy atom. The third-order valence-corrected chi connectivity index (χ3v) is 2.27. The molecule has 1 aromatic rings. The van der Waals surface area contributed by atoms with Gasteiger partial charge >= 0.3 is 6.18 Å². The van der Waals surface area contributed by atoms with Gasteiger partial charge in [0.1, 0.15) is 0 Å². The SMILES string of the molecule is [N-]=[N+]=Nc1cc(CBr)cc(C(F)(F)F)c1. The predicted octanol–water partition coefficient (Wildman–Crippen LogP) is 4.54. The lowest BCUT2D eigenvalue weighted by molar-refractivity contribution is -0.137. The number of hydrogen-bond acceptors (Lipinski definition) is 1. The Kier molecular flexibility index (Phi) is 3.60. The summed E-state index contributed by atoms with van der Waals surface area (Å²) in [6, 6.07) is 3.21. The molecule has 0 fully saturated rings. The van der Waals surface area contributed by atoms with E-state index in [0.29, 0.717) is 5.56 Å². The molecule has 0 spiro atoms. The van der Waals surface area contributed by atoms with Gasteiger partial charge < -0.3 is 0 Å². The number of alkyl halides is 4. The lowest BCUT2D eigenvalue weighted by Gasteiger charge is -2.08. The zero-order chi connectivity index (χ0) is 11.5. The van der Waals surface area contributed by atoms with Crippen molar-refractivity contribution in [2.75, 3.05) is 0 Å². The number of azide groups is 1. The van der Waals surface area contributed by atoms with Crippen molar-refractivity contribution in [3.05, 3.63) is 39.8 Å². The molecule has 0 N–H and O–H groups in total. The fraction of sp³-hybridized carbons (Fsp3) is 0.250. The van der Waals surface area contributed by atoms with Gasteiger partial charge in [-0.15, -0.1) is 0 Å². The van der Waals surface area contributed by atoms with E-state index < -0.39 is 11.7 Å². The maximum Gasteiger partial charge on any atom is 0.416 e. The number of halogens is 4. The molecular weight excluding hydrogens is 275 g/mol. The van der Waals surface area contributed by atoms with E-state index in [-0.39, 0.29) is 11.0 Å². The van der Waals surface area contributed by atoms with Crippen LogP contribution in [-0.4, -0.2) is 0 Å². The second kappa shape index (κ2) is 4.55. The quantitative estimate of drug-likeness (QED) is 0.330. The van der Waals surface area contributed by atoms with Gasteiger partial charge in [0.25, 0.3) is 0 Å². The van der Waals surface area contributed by atoms with Crippen LogP contribution in [0.1, 0.15) is 11.1 Å². The maximum atomic E-state index is 12.4. The molecule has 1 rings (SSSR count). The third-order valence-electron chi connectivity index (χ3n) is 1.62. The van der Waals surface area contributed by atoms with Crippen LogP contribution in [0.4, 0.5) is 18.9 Å². The molecule has 80 valence electrons. The summed E-state index contributed by atoms with van der Waals surface area (Å²) in [5.41, 5.74) is 7.69. The molecule has 0 unspecified atom stereocenters. The van der Waals surface area contributed by atoms with Crippen LogP contribution < -0.4 is 0 Å². The Morgan fingerprint density at radius 3 is 2.47 bits per heavy atom. The molecule has 0 atom stereocenters. The first kappa shape index (κ1) is 11.9. The summed E-state index contributed by atoms with van der Waals surface area (Å²) in [4.78, 5) is 2.45. The highest BCUT2D eigenvalue weighted by atomic mass is 79.9. The highest BCUT2D eigenvalue weighted by Gasteiger charge is 2.30. The molecule has 0 heterocycles. The lowest BCUT2D eigenvalue weighted by atomic mass is 10.1. The topological polar surface area (TPSA) is 48.8 Å². The fourth-order valence-corrected chi connectivity index (χ4v) is 1.35. The molecule has 0 aliphatic heterocycles. The van der Waals surface area contributed by atoms with Crippen molar-refractivity contribution < 1.29 is 13.2 Å². The van der Waals surface area contributed by atoms with Gasteiger partial charge in [0, 0.05) is 15.9 Å². The van der Waals surface area contributed by atoms with E-state index in [4.69, 9.17) is 5.53 Å². The summed E-state index contributed by atoms with van der Waals surface area (Å²) in [6.07, 6.45) is -4.43. The Balaban J connectivity index is 3.29. The standard InChI is InChI=1S/C8H5BrF3N3/c9-4-5-1-6(8(10,11)12)3-7(2-5)14-15-13/h1-3H,4H2. The molecule has 1 aromatic carbocycles. The van der Waals surface area contributed by atoms with Crippen LogP contribution in [0.15, 0.2) is 23.3 Å². The van der Waals surface area contributed by atoms with E-state index in [1.165, 1.54) is 6.07 Å². The first-order chi connectivity index (χ1) is 6.97. The minimum absolute atomic E-state index is 0.0400. The summed E-state index contributed by atoms with van der Waals surface area (Å²) in [5, 5.41) is 3.42. The predicted molar refractivity (Wildman–Crippen MR) is 52.9 cm³/mol. The van der Waals surface area contributed by atoms with Crippen LogP contribution in [0.2, 0.25) is 0 Å². The second-order valence-corrected chi connectivity index (χ2v) is 3.27. The van der Waals surface area contributed by atoms with E-state index in [1.54, 1.807) is 0 Å². The van der Waals surface area contributed by atoms with E-state index in [2.05, 4.69) is 26.0 Å². The average molecular weight is 280 g/mol. The van der Waals surface area contributed by atoms with Crippen LogP contribution in [-0.2, 0) is 11.5 Å². The first-order valence-corrected chi connectivity index (χ1v) is 4.91. The third kappa shape index (κ3) is 3.14. The van der Waals surface area contributed by atoms with Gasteiger partial charge in [-0.3, -0.25) is 0 Å². The zero-order valence-corrected chi connectivity index (χ0v) is 8.88. The molecular formula is C8H5BrF3N3. The molecule has 0 amide bonds. The second-order valence-electron chi connectivity index (χ2n) is 2.71. The highest BCUT2D eigenvalue weighted by molar-refractivity contribution is 9.08. The average Bonchev–Trinajstić information content (AvgIpc) is 2.16. The van der Waals surface area contributed by atoms with Gasteiger partial charge in [0.2, 0.25) is 0 Å². The number of nitrogens with zero attached hydrogens (tertiary/aromatic N) is 3. The van der Waals surface area contributed by atoms with E-state index >= 15 is 0 Å². The van der Waals surface area contributed by atoms with Crippen molar-refractivity contribution in [1.29, 1.82) is 0 Å².